The lowest BCUT2D eigenvalue weighted by atomic mass is 9.87. The zero-order valence-corrected chi connectivity index (χ0v) is 17.6. The molecule has 0 saturated carbocycles. The van der Waals surface area contributed by atoms with Gasteiger partial charge in [0.25, 0.3) is 0 Å². The number of hydrogen-bond acceptors (Lipinski definition) is 8. The summed E-state index contributed by atoms with van der Waals surface area (Å²) in [5, 5.41) is 13.4. The monoisotopic (exact) mass is 422 g/mol. The molecule has 3 aromatic rings. The van der Waals surface area contributed by atoms with Gasteiger partial charge in [0.1, 0.15) is 0 Å². The third-order valence-electron chi connectivity index (χ3n) is 5.77. The number of nitrogens with two attached hydrogens (primary N) is 1. The standard InChI is InChI=1S/C22H26N6O3/c1-13(2)18(15-5-3-14(4-6-15)17-11-24-21(23)25-12-17)19-26-22(31-27-19)28-9-7-16(8-10-28)20(29)30/h3-6,11-13,16,18H,7-10H2,1-2H3,(H,29,30)(H2,23,24,25). The van der Waals surface area contributed by atoms with Gasteiger partial charge in [-0.15, -0.1) is 0 Å². The summed E-state index contributed by atoms with van der Waals surface area (Å²) < 4.78 is 5.55. The molecule has 2 aromatic heterocycles. The highest BCUT2D eigenvalue weighted by molar-refractivity contribution is 5.70. The van der Waals surface area contributed by atoms with Gasteiger partial charge in [0.15, 0.2) is 5.82 Å². The lowest BCUT2D eigenvalue weighted by Crippen LogP contribution is -2.36. The van der Waals surface area contributed by atoms with Crippen molar-refractivity contribution < 1.29 is 14.4 Å². The third kappa shape index (κ3) is 4.50. The normalized spacial score (nSPS) is 15.9. The predicted molar refractivity (Wildman–Crippen MR) is 115 cm³/mol. The van der Waals surface area contributed by atoms with Crippen LogP contribution in [0.1, 0.15) is 44.0 Å². The topological polar surface area (TPSA) is 131 Å². The fraction of sp³-hybridized carbons (Fsp3) is 0.409. The molecule has 0 radical (unpaired) electrons. The van der Waals surface area contributed by atoms with Crippen LogP contribution in [0, 0.1) is 11.8 Å². The molecule has 9 nitrogen and oxygen atoms in total. The van der Waals surface area contributed by atoms with E-state index in [1.807, 2.05) is 17.0 Å². The number of benzene rings is 1. The number of nitrogen functional groups attached to an aromatic ring is 1. The molecule has 0 aliphatic carbocycles. The number of hydrogen-bond donors (Lipinski definition) is 2. The molecule has 1 atom stereocenters. The van der Waals surface area contributed by atoms with Gasteiger partial charge in [-0.2, -0.15) is 4.98 Å². The van der Waals surface area contributed by atoms with Crippen molar-refractivity contribution in [3.63, 3.8) is 0 Å². The van der Waals surface area contributed by atoms with Gasteiger partial charge in [-0.3, -0.25) is 4.79 Å². The van der Waals surface area contributed by atoms with Crippen LogP contribution >= 0.6 is 0 Å². The van der Waals surface area contributed by atoms with E-state index in [1.54, 1.807) is 12.4 Å². The van der Waals surface area contributed by atoms with E-state index >= 15 is 0 Å². The number of nitrogens with zero attached hydrogens (tertiary/aromatic N) is 5. The van der Waals surface area contributed by atoms with Crippen LogP contribution in [0.3, 0.4) is 0 Å². The maximum atomic E-state index is 11.2. The van der Waals surface area contributed by atoms with E-state index in [9.17, 15) is 9.90 Å². The van der Waals surface area contributed by atoms with E-state index in [0.29, 0.717) is 37.8 Å². The molecule has 3 heterocycles. The molecule has 4 rings (SSSR count). The lowest BCUT2D eigenvalue weighted by Gasteiger charge is -2.28. The number of carboxylic acid groups (broad SMARTS) is 1. The molecule has 9 heteroatoms. The van der Waals surface area contributed by atoms with Crippen molar-refractivity contribution >= 4 is 17.9 Å². The average Bonchev–Trinajstić information content (AvgIpc) is 3.24. The van der Waals surface area contributed by atoms with Crippen molar-refractivity contribution in [1.82, 2.24) is 20.1 Å². The Labute approximate surface area is 180 Å². The quantitative estimate of drug-likeness (QED) is 0.614. The highest BCUT2D eigenvalue weighted by Gasteiger charge is 2.29. The number of aliphatic carboxylic acids is 1. The Morgan fingerprint density at radius 1 is 1.13 bits per heavy atom. The molecular formula is C22H26N6O3. The van der Waals surface area contributed by atoms with Gasteiger partial charge < -0.3 is 20.3 Å². The van der Waals surface area contributed by atoms with Crippen LogP contribution in [0.5, 0.6) is 0 Å². The van der Waals surface area contributed by atoms with Crippen LogP contribution in [0.4, 0.5) is 12.0 Å². The van der Waals surface area contributed by atoms with E-state index in [0.717, 1.165) is 16.7 Å². The predicted octanol–water partition coefficient (Wildman–Crippen LogP) is 3.20. The van der Waals surface area contributed by atoms with Crippen LogP contribution in [0.2, 0.25) is 0 Å². The maximum absolute atomic E-state index is 11.2. The Morgan fingerprint density at radius 3 is 2.35 bits per heavy atom. The largest absolute Gasteiger partial charge is 0.481 e. The Bertz CT molecular complexity index is 1020. The van der Waals surface area contributed by atoms with E-state index in [2.05, 4.69) is 46.1 Å². The molecule has 3 N–H and O–H groups in total. The number of carboxylic acids is 1. The summed E-state index contributed by atoms with van der Waals surface area (Å²) in [5.41, 5.74) is 8.56. The molecule has 0 bridgehead atoms. The molecule has 1 unspecified atom stereocenters. The summed E-state index contributed by atoms with van der Waals surface area (Å²) in [4.78, 5) is 25.9. The first-order valence-electron chi connectivity index (χ1n) is 10.4. The maximum Gasteiger partial charge on any atom is 0.324 e. The van der Waals surface area contributed by atoms with Crippen molar-refractivity contribution in [3.8, 4) is 11.1 Å². The minimum atomic E-state index is -0.736. The second-order valence-electron chi connectivity index (χ2n) is 8.21. The highest BCUT2D eigenvalue weighted by Crippen LogP contribution is 2.33. The Kier molecular flexibility index (Phi) is 5.83. The Hall–Kier alpha value is -3.49. The molecule has 1 aliphatic heterocycles. The van der Waals surface area contributed by atoms with Gasteiger partial charge in [0.05, 0.1) is 5.92 Å². The molecule has 1 aromatic carbocycles. The van der Waals surface area contributed by atoms with Crippen molar-refractivity contribution in [2.24, 2.45) is 11.8 Å². The molecule has 162 valence electrons. The van der Waals surface area contributed by atoms with E-state index in [4.69, 9.17) is 10.3 Å². The van der Waals surface area contributed by atoms with Crippen LogP contribution in [-0.4, -0.2) is 44.3 Å². The van der Waals surface area contributed by atoms with Crippen LogP contribution < -0.4 is 10.6 Å². The number of rotatable bonds is 6. The summed E-state index contributed by atoms with van der Waals surface area (Å²) in [6, 6.07) is 8.63. The first-order valence-corrected chi connectivity index (χ1v) is 10.4. The fourth-order valence-corrected chi connectivity index (χ4v) is 4.00. The minimum Gasteiger partial charge on any atom is -0.481 e. The second-order valence-corrected chi connectivity index (χ2v) is 8.21. The van der Waals surface area contributed by atoms with Crippen molar-refractivity contribution in [2.75, 3.05) is 23.7 Å². The van der Waals surface area contributed by atoms with E-state index in [1.165, 1.54) is 0 Å². The number of aromatic nitrogens is 4. The smallest absolute Gasteiger partial charge is 0.324 e. The Morgan fingerprint density at radius 2 is 1.77 bits per heavy atom. The van der Waals surface area contributed by atoms with E-state index < -0.39 is 5.97 Å². The average molecular weight is 422 g/mol. The molecule has 0 amide bonds. The van der Waals surface area contributed by atoms with Gasteiger partial charge in [-0.25, -0.2) is 9.97 Å². The summed E-state index contributed by atoms with van der Waals surface area (Å²) in [5.74, 6) is 0.0840. The van der Waals surface area contributed by atoms with Gasteiger partial charge in [0.2, 0.25) is 5.95 Å². The second kappa shape index (κ2) is 8.71. The zero-order chi connectivity index (χ0) is 22.0. The van der Waals surface area contributed by atoms with Crippen LogP contribution in [0.25, 0.3) is 11.1 Å². The first kappa shape index (κ1) is 20.8. The van der Waals surface area contributed by atoms with Crippen molar-refractivity contribution in [2.45, 2.75) is 32.6 Å². The van der Waals surface area contributed by atoms with Crippen LogP contribution in [0.15, 0.2) is 41.2 Å². The fourth-order valence-electron chi connectivity index (χ4n) is 4.00. The molecule has 1 fully saturated rings. The third-order valence-corrected chi connectivity index (χ3v) is 5.77. The minimum absolute atomic E-state index is 0.0224. The van der Waals surface area contributed by atoms with E-state index in [-0.39, 0.29) is 23.7 Å². The summed E-state index contributed by atoms with van der Waals surface area (Å²) >= 11 is 0. The highest BCUT2D eigenvalue weighted by atomic mass is 16.5. The molecular weight excluding hydrogens is 396 g/mol. The molecule has 1 saturated heterocycles. The number of carbonyl (C=O) groups is 1. The number of piperidine rings is 1. The molecule has 1 aliphatic rings. The Balaban J connectivity index is 1.52. The summed E-state index contributed by atoms with van der Waals surface area (Å²) in [6.45, 7) is 5.45. The summed E-state index contributed by atoms with van der Waals surface area (Å²) in [6.07, 6.45) is 4.57. The summed E-state index contributed by atoms with van der Waals surface area (Å²) in [7, 11) is 0. The van der Waals surface area contributed by atoms with Crippen molar-refractivity contribution in [3.05, 3.63) is 48.0 Å². The van der Waals surface area contributed by atoms with Gasteiger partial charge in [0, 0.05) is 37.0 Å². The lowest BCUT2D eigenvalue weighted by molar-refractivity contribution is -0.142. The number of anilines is 2. The zero-order valence-electron chi connectivity index (χ0n) is 17.6. The van der Waals surface area contributed by atoms with Crippen LogP contribution in [-0.2, 0) is 4.79 Å². The van der Waals surface area contributed by atoms with Gasteiger partial charge >= 0.3 is 12.0 Å². The first-order chi connectivity index (χ1) is 14.9. The molecule has 31 heavy (non-hydrogen) atoms. The van der Waals surface area contributed by atoms with Gasteiger partial charge in [-0.05, 0) is 29.9 Å². The van der Waals surface area contributed by atoms with Crippen molar-refractivity contribution in [1.29, 1.82) is 0 Å². The molecule has 0 spiro atoms. The SMILES string of the molecule is CC(C)C(c1ccc(-c2cnc(N)nc2)cc1)c1noc(N2CCC(C(=O)O)CC2)n1. The van der Waals surface area contributed by atoms with Gasteiger partial charge in [-0.1, -0.05) is 43.3 Å².